The van der Waals surface area contributed by atoms with E-state index in [1.165, 1.54) is 12.1 Å². The Balaban J connectivity index is 2.50. The molecule has 0 fully saturated rings. The molecule has 0 heterocycles. The highest BCUT2D eigenvalue weighted by molar-refractivity contribution is 6.30. The Hall–Kier alpha value is -0.800. The summed E-state index contributed by atoms with van der Waals surface area (Å²) in [7, 11) is 0. The number of rotatable bonds is 5. The number of hydrogen-bond acceptors (Lipinski definition) is 1. The van der Waals surface area contributed by atoms with E-state index in [9.17, 15) is 9.18 Å². The third kappa shape index (κ3) is 4.52. The van der Waals surface area contributed by atoms with Gasteiger partial charge in [0.15, 0.2) is 0 Å². The fourth-order valence-electron chi connectivity index (χ4n) is 1.29. The highest BCUT2D eigenvalue weighted by Gasteiger charge is 2.09. The first-order chi connectivity index (χ1) is 8.04. The molecule has 94 valence electrons. The van der Waals surface area contributed by atoms with Gasteiger partial charge in [-0.1, -0.05) is 18.5 Å². The van der Waals surface area contributed by atoms with Crippen LogP contribution in [0, 0.1) is 5.82 Å². The molecule has 1 amide bonds. The van der Waals surface area contributed by atoms with E-state index in [-0.39, 0.29) is 21.9 Å². The third-order valence-electron chi connectivity index (χ3n) is 2.37. The maximum absolute atomic E-state index is 13.1. The summed E-state index contributed by atoms with van der Waals surface area (Å²) in [5.41, 5.74) is 0.259. The summed E-state index contributed by atoms with van der Waals surface area (Å²) in [6.45, 7) is 2.46. The number of amides is 1. The Kier molecular flexibility index (Phi) is 5.72. The first-order valence-electron chi connectivity index (χ1n) is 5.42. The number of nitrogens with one attached hydrogen (secondary N) is 1. The number of alkyl halides is 1. The second-order valence-corrected chi connectivity index (χ2v) is 4.70. The molecule has 1 unspecified atom stereocenters. The summed E-state index contributed by atoms with van der Waals surface area (Å²) in [5.74, 6) is -0.913. The molecule has 1 rings (SSSR count). The number of hydrogen-bond donors (Lipinski definition) is 1. The number of carbonyl (C=O) groups is 1. The summed E-state index contributed by atoms with van der Waals surface area (Å²) in [6.07, 6.45) is 1.55. The van der Waals surface area contributed by atoms with Crippen molar-refractivity contribution >= 4 is 29.1 Å². The average Bonchev–Trinajstić information content (AvgIpc) is 2.32. The van der Waals surface area contributed by atoms with Crippen LogP contribution in [0.5, 0.6) is 0 Å². The molecule has 1 aromatic rings. The van der Waals surface area contributed by atoms with Crippen LogP contribution in [0.2, 0.25) is 5.02 Å². The molecule has 0 aliphatic carbocycles. The monoisotopic (exact) mass is 277 g/mol. The van der Waals surface area contributed by atoms with Crippen molar-refractivity contribution in [3.63, 3.8) is 0 Å². The van der Waals surface area contributed by atoms with Gasteiger partial charge in [-0.05, 0) is 31.0 Å². The summed E-state index contributed by atoms with van der Waals surface area (Å²) >= 11 is 11.4. The summed E-state index contributed by atoms with van der Waals surface area (Å²) in [6, 6.07) is 3.97. The largest absolute Gasteiger partial charge is 0.352 e. The van der Waals surface area contributed by atoms with Crippen LogP contribution in [0.4, 0.5) is 4.39 Å². The first kappa shape index (κ1) is 14.3. The van der Waals surface area contributed by atoms with Gasteiger partial charge in [0.05, 0.1) is 5.02 Å². The van der Waals surface area contributed by atoms with Crippen LogP contribution in [0.25, 0.3) is 0 Å². The van der Waals surface area contributed by atoms with E-state index < -0.39 is 5.82 Å². The second-order valence-electron chi connectivity index (χ2n) is 3.68. The van der Waals surface area contributed by atoms with E-state index >= 15 is 0 Å². The lowest BCUT2D eigenvalue weighted by Gasteiger charge is -2.08. The minimum Gasteiger partial charge on any atom is -0.352 e. The van der Waals surface area contributed by atoms with Crippen molar-refractivity contribution in [2.75, 3.05) is 6.54 Å². The normalized spacial score (nSPS) is 12.2. The van der Waals surface area contributed by atoms with Gasteiger partial charge in [-0.25, -0.2) is 4.39 Å². The highest BCUT2D eigenvalue weighted by atomic mass is 35.5. The quantitative estimate of drug-likeness (QED) is 0.819. The number of carbonyl (C=O) groups excluding carboxylic acids is 1. The molecule has 17 heavy (non-hydrogen) atoms. The Morgan fingerprint density at radius 3 is 2.82 bits per heavy atom. The van der Waals surface area contributed by atoms with E-state index in [4.69, 9.17) is 23.2 Å². The maximum atomic E-state index is 13.1. The van der Waals surface area contributed by atoms with Crippen molar-refractivity contribution in [3.8, 4) is 0 Å². The van der Waals surface area contributed by atoms with Crippen LogP contribution in [-0.2, 0) is 0 Å². The van der Waals surface area contributed by atoms with Gasteiger partial charge in [-0.3, -0.25) is 4.79 Å². The topological polar surface area (TPSA) is 29.1 Å². The van der Waals surface area contributed by atoms with Gasteiger partial charge in [-0.15, -0.1) is 11.6 Å². The molecule has 0 aliphatic heterocycles. The standard InChI is InChI=1S/C12H14Cl2FNO/c1-2-9(13)5-6-16-12(17)8-3-4-10(14)11(15)7-8/h3-4,7,9H,2,5-6H2,1H3,(H,16,17). The fourth-order valence-corrected chi connectivity index (χ4v) is 1.51. The van der Waals surface area contributed by atoms with E-state index in [1.54, 1.807) is 0 Å². The zero-order valence-corrected chi connectivity index (χ0v) is 11.0. The smallest absolute Gasteiger partial charge is 0.251 e. The third-order valence-corrected chi connectivity index (χ3v) is 3.20. The van der Waals surface area contributed by atoms with Crippen LogP contribution >= 0.6 is 23.2 Å². The van der Waals surface area contributed by atoms with Gasteiger partial charge in [0.2, 0.25) is 0 Å². The molecular weight excluding hydrogens is 264 g/mol. The Morgan fingerprint density at radius 2 is 2.24 bits per heavy atom. The molecule has 0 saturated carbocycles. The molecule has 1 atom stereocenters. The summed E-state index contributed by atoms with van der Waals surface area (Å²) in [4.78, 5) is 11.6. The molecule has 0 radical (unpaired) electrons. The molecule has 1 aromatic carbocycles. The maximum Gasteiger partial charge on any atom is 0.251 e. The Morgan fingerprint density at radius 1 is 1.53 bits per heavy atom. The van der Waals surface area contributed by atoms with Crippen molar-refractivity contribution in [2.45, 2.75) is 25.1 Å². The minimum absolute atomic E-state index is 0.00774. The molecule has 0 saturated heterocycles. The lowest BCUT2D eigenvalue weighted by Crippen LogP contribution is -2.26. The number of halogens is 3. The first-order valence-corrected chi connectivity index (χ1v) is 6.23. The zero-order valence-electron chi connectivity index (χ0n) is 9.47. The van der Waals surface area contributed by atoms with Gasteiger partial charge in [0.25, 0.3) is 5.91 Å². The zero-order chi connectivity index (χ0) is 12.8. The lowest BCUT2D eigenvalue weighted by atomic mass is 10.2. The molecule has 0 aliphatic rings. The lowest BCUT2D eigenvalue weighted by molar-refractivity contribution is 0.0952. The molecule has 1 N–H and O–H groups in total. The van der Waals surface area contributed by atoms with E-state index in [0.29, 0.717) is 13.0 Å². The van der Waals surface area contributed by atoms with E-state index in [1.807, 2.05) is 6.92 Å². The average molecular weight is 278 g/mol. The summed E-state index contributed by atoms with van der Waals surface area (Å²) in [5, 5.41) is 2.74. The SMILES string of the molecule is CCC(Cl)CCNC(=O)c1ccc(Cl)c(F)c1. The van der Waals surface area contributed by atoms with Gasteiger partial charge in [0.1, 0.15) is 5.82 Å². The predicted octanol–water partition coefficient (Wildman–Crippen LogP) is 3.62. The van der Waals surface area contributed by atoms with E-state index in [0.717, 1.165) is 12.5 Å². The molecular formula is C12H14Cl2FNO. The van der Waals surface area contributed by atoms with Crippen LogP contribution in [0.3, 0.4) is 0 Å². The number of benzene rings is 1. The molecule has 5 heteroatoms. The van der Waals surface area contributed by atoms with Crippen LogP contribution in [-0.4, -0.2) is 17.8 Å². The Bertz CT molecular complexity index is 398. The van der Waals surface area contributed by atoms with E-state index in [2.05, 4.69) is 5.32 Å². The second kappa shape index (κ2) is 6.82. The molecule has 0 spiro atoms. The fraction of sp³-hybridized carbons (Fsp3) is 0.417. The summed E-state index contributed by atoms with van der Waals surface area (Å²) < 4.78 is 13.1. The molecule has 0 aromatic heterocycles. The van der Waals surface area contributed by atoms with Gasteiger partial charge in [-0.2, -0.15) is 0 Å². The van der Waals surface area contributed by atoms with Gasteiger partial charge in [0, 0.05) is 17.5 Å². The van der Waals surface area contributed by atoms with Crippen LogP contribution in [0.15, 0.2) is 18.2 Å². The van der Waals surface area contributed by atoms with Gasteiger partial charge >= 0.3 is 0 Å². The highest BCUT2D eigenvalue weighted by Crippen LogP contribution is 2.15. The van der Waals surface area contributed by atoms with Crippen molar-refractivity contribution in [1.82, 2.24) is 5.32 Å². The predicted molar refractivity (Wildman–Crippen MR) is 68.3 cm³/mol. The van der Waals surface area contributed by atoms with Crippen molar-refractivity contribution in [3.05, 3.63) is 34.6 Å². The molecule has 0 bridgehead atoms. The Labute approximate surface area is 110 Å². The van der Waals surface area contributed by atoms with Crippen molar-refractivity contribution < 1.29 is 9.18 Å². The van der Waals surface area contributed by atoms with Crippen molar-refractivity contribution in [2.24, 2.45) is 0 Å². The minimum atomic E-state index is -0.594. The van der Waals surface area contributed by atoms with Gasteiger partial charge < -0.3 is 5.32 Å². The van der Waals surface area contributed by atoms with Crippen LogP contribution in [0.1, 0.15) is 30.1 Å². The van der Waals surface area contributed by atoms with Crippen molar-refractivity contribution in [1.29, 1.82) is 0 Å². The van der Waals surface area contributed by atoms with Crippen LogP contribution < -0.4 is 5.32 Å². The molecule has 2 nitrogen and oxygen atoms in total.